The zero-order valence-electron chi connectivity index (χ0n) is 6.56. The van der Waals surface area contributed by atoms with E-state index in [0.717, 1.165) is 0 Å². The molecule has 0 aliphatic heterocycles. The predicted octanol–water partition coefficient (Wildman–Crippen LogP) is 2.68. The van der Waals surface area contributed by atoms with Crippen molar-refractivity contribution >= 4 is 0 Å². The average molecular weight is 136 g/mol. The van der Waals surface area contributed by atoms with Gasteiger partial charge in [0, 0.05) is 5.92 Å². The highest BCUT2D eigenvalue weighted by atomic mass is 14.3. The lowest BCUT2D eigenvalue weighted by Gasteiger charge is -2.22. The SMILES string of the molecule is CC(C#N)[C]1CCCCC1. The van der Waals surface area contributed by atoms with Gasteiger partial charge in [0.2, 0.25) is 0 Å². The normalized spacial score (nSPS) is 23.6. The van der Waals surface area contributed by atoms with E-state index in [1.54, 1.807) is 0 Å². The second kappa shape index (κ2) is 3.61. The van der Waals surface area contributed by atoms with Gasteiger partial charge in [0.05, 0.1) is 6.07 Å². The van der Waals surface area contributed by atoms with Crippen LogP contribution in [0.1, 0.15) is 39.0 Å². The summed E-state index contributed by atoms with van der Waals surface area (Å²) in [6, 6.07) is 2.30. The molecule has 0 amide bonds. The Labute approximate surface area is 63.0 Å². The maximum absolute atomic E-state index is 8.62. The van der Waals surface area contributed by atoms with Gasteiger partial charge in [-0.05, 0) is 25.7 Å². The molecule has 0 aromatic heterocycles. The minimum atomic E-state index is 0.209. The zero-order valence-corrected chi connectivity index (χ0v) is 6.56. The molecule has 1 atom stereocenters. The summed E-state index contributed by atoms with van der Waals surface area (Å²) in [5.41, 5.74) is 0. The van der Waals surface area contributed by atoms with E-state index >= 15 is 0 Å². The van der Waals surface area contributed by atoms with Crippen LogP contribution in [0.25, 0.3) is 0 Å². The van der Waals surface area contributed by atoms with Gasteiger partial charge in [-0.25, -0.2) is 0 Å². The molecule has 0 heterocycles. The van der Waals surface area contributed by atoms with Crippen molar-refractivity contribution in [1.29, 1.82) is 5.26 Å². The molecule has 1 heteroatoms. The molecule has 0 bridgehead atoms. The molecule has 1 saturated carbocycles. The summed E-state index contributed by atoms with van der Waals surface area (Å²) < 4.78 is 0. The third-order valence-electron chi connectivity index (χ3n) is 2.30. The average Bonchev–Trinajstić information content (AvgIpc) is 2.05. The van der Waals surface area contributed by atoms with E-state index in [2.05, 4.69) is 6.07 Å². The second-order valence-electron chi connectivity index (χ2n) is 3.07. The number of hydrogen-bond acceptors (Lipinski definition) is 1. The molecule has 1 nitrogen and oxygen atoms in total. The van der Waals surface area contributed by atoms with Crippen molar-refractivity contribution in [2.45, 2.75) is 39.0 Å². The van der Waals surface area contributed by atoms with E-state index in [0.29, 0.717) is 0 Å². The largest absolute Gasteiger partial charge is 0.198 e. The van der Waals surface area contributed by atoms with E-state index in [1.165, 1.54) is 38.0 Å². The first-order chi connectivity index (χ1) is 4.84. The van der Waals surface area contributed by atoms with E-state index in [-0.39, 0.29) is 5.92 Å². The molecule has 0 aromatic rings. The van der Waals surface area contributed by atoms with Crippen LogP contribution in [-0.4, -0.2) is 0 Å². The van der Waals surface area contributed by atoms with E-state index in [4.69, 9.17) is 5.26 Å². The number of nitrogens with zero attached hydrogens (tertiary/aromatic N) is 1. The first-order valence-electron chi connectivity index (χ1n) is 4.09. The van der Waals surface area contributed by atoms with Crippen LogP contribution in [0.3, 0.4) is 0 Å². The van der Waals surface area contributed by atoms with Gasteiger partial charge >= 0.3 is 0 Å². The van der Waals surface area contributed by atoms with E-state index < -0.39 is 0 Å². The zero-order chi connectivity index (χ0) is 7.40. The van der Waals surface area contributed by atoms with Crippen LogP contribution in [0.15, 0.2) is 0 Å². The summed E-state index contributed by atoms with van der Waals surface area (Å²) >= 11 is 0. The Bertz CT molecular complexity index is 128. The van der Waals surface area contributed by atoms with Crippen molar-refractivity contribution in [2.24, 2.45) is 5.92 Å². The Hall–Kier alpha value is -0.510. The Morgan fingerprint density at radius 1 is 1.30 bits per heavy atom. The van der Waals surface area contributed by atoms with Gasteiger partial charge in [-0.1, -0.05) is 19.3 Å². The molecule has 1 radical (unpaired) electrons. The van der Waals surface area contributed by atoms with E-state index in [9.17, 15) is 0 Å². The van der Waals surface area contributed by atoms with Crippen LogP contribution in [-0.2, 0) is 0 Å². The standard InChI is InChI=1S/C9H14N/c1-8(7-10)9-5-3-2-4-6-9/h8H,2-6H2,1H3. The van der Waals surface area contributed by atoms with Crippen molar-refractivity contribution in [2.75, 3.05) is 0 Å². The molecule has 1 aliphatic rings. The highest BCUT2D eigenvalue weighted by Gasteiger charge is 2.19. The summed E-state index contributed by atoms with van der Waals surface area (Å²) in [7, 11) is 0. The number of nitriles is 1. The number of hydrogen-bond donors (Lipinski definition) is 0. The van der Waals surface area contributed by atoms with Gasteiger partial charge in [-0.2, -0.15) is 5.26 Å². The molecule has 1 aliphatic carbocycles. The lowest BCUT2D eigenvalue weighted by Crippen LogP contribution is -2.11. The van der Waals surface area contributed by atoms with Crippen molar-refractivity contribution < 1.29 is 0 Å². The van der Waals surface area contributed by atoms with Crippen molar-refractivity contribution in [3.63, 3.8) is 0 Å². The number of rotatable bonds is 1. The van der Waals surface area contributed by atoms with Crippen LogP contribution in [0, 0.1) is 23.2 Å². The molecule has 55 valence electrons. The van der Waals surface area contributed by atoms with Crippen molar-refractivity contribution in [1.82, 2.24) is 0 Å². The predicted molar refractivity (Wildman–Crippen MR) is 41.1 cm³/mol. The summed E-state index contributed by atoms with van der Waals surface area (Å²) in [6.07, 6.45) is 6.38. The van der Waals surface area contributed by atoms with Gasteiger partial charge in [-0.15, -0.1) is 0 Å². The minimum Gasteiger partial charge on any atom is -0.198 e. The molecule has 1 fully saturated rings. The van der Waals surface area contributed by atoms with Gasteiger partial charge in [0.25, 0.3) is 0 Å². The maximum Gasteiger partial charge on any atom is 0.0658 e. The molecular formula is C9H14N. The van der Waals surface area contributed by atoms with E-state index in [1.807, 2.05) is 6.92 Å². The summed E-state index contributed by atoms with van der Waals surface area (Å²) in [4.78, 5) is 0. The van der Waals surface area contributed by atoms with Gasteiger partial charge in [0.15, 0.2) is 0 Å². The monoisotopic (exact) mass is 136 g/mol. The third-order valence-corrected chi connectivity index (χ3v) is 2.30. The fraction of sp³-hybridized carbons (Fsp3) is 0.778. The summed E-state index contributed by atoms with van der Waals surface area (Å²) in [5, 5.41) is 8.62. The van der Waals surface area contributed by atoms with Crippen LogP contribution >= 0.6 is 0 Å². The van der Waals surface area contributed by atoms with Crippen LogP contribution < -0.4 is 0 Å². The maximum atomic E-state index is 8.62. The Morgan fingerprint density at radius 2 is 1.90 bits per heavy atom. The topological polar surface area (TPSA) is 23.8 Å². The second-order valence-corrected chi connectivity index (χ2v) is 3.07. The molecule has 1 unspecified atom stereocenters. The summed E-state index contributed by atoms with van der Waals surface area (Å²) in [5.74, 6) is 1.69. The molecule has 1 rings (SSSR count). The van der Waals surface area contributed by atoms with Crippen LogP contribution in [0.5, 0.6) is 0 Å². The van der Waals surface area contributed by atoms with Crippen LogP contribution in [0.4, 0.5) is 0 Å². The third kappa shape index (κ3) is 1.73. The smallest absolute Gasteiger partial charge is 0.0658 e. The molecular weight excluding hydrogens is 122 g/mol. The van der Waals surface area contributed by atoms with Gasteiger partial charge in [0.1, 0.15) is 0 Å². The van der Waals surface area contributed by atoms with Gasteiger partial charge < -0.3 is 0 Å². The quantitative estimate of drug-likeness (QED) is 0.543. The van der Waals surface area contributed by atoms with Crippen molar-refractivity contribution in [3.05, 3.63) is 5.92 Å². The van der Waals surface area contributed by atoms with Crippen molar-refractivity contribution in [3.8, 4) is 6.07 Å². The van der Waals surface area contributed by atoms with Gasteiger partial charge in [-0.3, -0.25) is 0 Å². The first kappa shape index (κ1) is 7.60. The lowest BCUT2D eigenvalue weighted by atomic mass is 9.82. The Morgan fingerprint density at radius 3 is 2.40 bits per heavy atom. The molecule has 0 aromatic carbocycles. The Kier molecular flexibility index (Phi) is 2.74. The Balaban J connectivity index is 2.33. The minimum absolute atomic E-state index is 0.209. The molecule has 0 saturated heterocycles. The first-order valence-corrected chi connectivity index (χ1v) is 4.09. The molecule has 0 N–H and O–H groups in total. The molecule has 0 spiro atoms. The fourth-order valence-electron chi connectivity index (χ4n) is 1.53. The summed E-state index contributed by atoms with van der Waals surface area (Å²) in [6.45, 7) is 2.01. The fourth-order valence-corrected chi connectivity index (χ4v) is 1.53. The molecule has 10 heavy (non-hydrogen) atoms. The highest BCUT2D eigenvalue weighted by Crippen LogP contribution is 2.31. The highest BCUT2D eigenvalue weighted by molar-refractivity contribution is 5.05. The van der Waals surface area contributed by atoms with Crippen LogP contribution in [0.2, 0.25) is 0 Å². The lowest BCUT2D eigenvalue weighted by molar-refractivity contribution is 0.480.